The molecule has 0 aliphatic heterocycles. The Hall–Kier alpha value is -3.13. The fraction of sp³-hybridized carbons (Fsp3) is 0.250. The molecule has 8 heteroatoms. The van der Waals surface area contributed by atoms with Gasteiger partial charge in [0.25, 0.3) is 0 Å². The lowest BCUT2D eigenvalue weighted by Crippen LogP contribution is -2.17. The average molecular weight is 390 g/mol. The molecule has 1 heterocycles. The van der Waals surface area contributed by atoms with Gasteiger partial charge in [0.05, 0.1) is 19.2 Å². The predicted molar refractivity (Wildman–Crippen MR) is 101 cm³/mol. The number of rotatable bonds is 6. The molecular weight excluding hydrogens is 370 g/mol. The van der Waals surface area contributed by atoms with Crippen LogP contribution in [0.25, 0.3) is 10.9 Å². The Labute approximate surface area is 160 Å². The number of hydrogen-bond donors (Lipinski definition) is 2. The Bertz CT molecular complexity index is 1000. The van der Waals surface area contributed by atoms with Gasteiger partial charge in [-0.3, -0.25) is 4.98 Å². The molecule has 3 N–H and O–H groups in total. The Balaban J connectivity index is 2.18. The van der Waals surface area contributed by atoms with Crippen molar-refractivity contribution in [3.05, 3.63) is 47.7 Å². The van der Waals surface area contributed by atoms with Crippen LogP contribution in [0.4, 0.5) is 14.5 Å². The number of aliphatic hydroxyl groups is 1. The number of aliphatic hydroxyl groups excluding tert-OH is 1. The summed E-state index contributed by atoms with van der Waals surface area (Å²) in [6, 6.07) is 5.09. The van der Waals surface area contributed by atoms with Gasteiger partial charge in [-0.05, 0) is 19.9 Å². The van der Waals surface area contributed by atoms with Crippen LogP contribution in [0.1, 0.15) is 12.5 Å². The molecule has 28 heavy (non-hydrogen) atoms. The molecule has 0 saturated heterocycles. The smallest absolute Gasteiger partial charge is 0.198 e. The van der Waals surface area contributed by atoms with E-state index >= 15 is 0 Å². The molecule has 6 nitrogen and oxygen atoms in total. The number of fused-ring (bicyclic) bond motifs is 1. The number of nitrogens with two attached hydrogens (primary N) is 1. The molecule has 3 aromatic rings. The van der Waals surface area contributed by atoms with Gasteiger partial charge in [0.2, 0.25) is 0 Å². The van der Waals surface area contributed by atoms with Gasteiger partial charge in [-0.2, -0.15) is 0 Å². The zero-order valence-corrected chi connectivity index (χ0v) is 15.6. The van der Waals surface area contributed by atoms with Crippen molar-refractivity contribution < 1.29 is 28.1 Å². The molecule has 1 unspecified atom stereocenters. The van der Waals surface area contributed by atoms with Gasteiger partial charge in [-0.15, -0.1) is 0 Å². The summed E-state index contributed by atoms with van der Waals surface area (Å²) >= 11 is 0. The third-order valence-electron chi connectivity index (χ3n) is 4.18. The number of ether oxygens (including phenoxy) is 3. The van der Waals surface area contributed by atoms with Crippen molar-refractivity contribution in [1.29, 1.82) is 0 Å². The number of aryl methyl sites for hydroxylation is 1. The second-order valence-corrected chi connectivity index (χ2v) is 6.26. The number of benzene rings is 2. The highest BCUT2D eigenvalue weighted by Crippen LogP contribution is 2.42. The molecule has 0 aliphatic carbocycles. The number of aromatic nitrogens is 1. The molecule has 0 saturated carbocycles. The van der Waals surface area contributed by atoms with Crippen molar-refractivity contribution in [3.63, 3.8) is 0 Å². The highest BCUT2D eigenvalue weighted by molar-refractivity contribution is 5.92. The third kappa shape index (κ3) is 3.63. The van der Waals surface area contributed by atoms with Gasteiger partial charge >= 0.3 is 0 Å². The molecule has 1 atom stereocenters. The summed E-state index contributed by atoms with van der Waals surface area (Å²) in [4.78, 5) is 4.28. The van der Waals surface area contributed by atoms with E-state index in [1.54, 1.807) is 19.9 Å². The van der Waals surface area contributed by atoms with Gasteiger partial charge in [0.1, 0.15) is 11.9 Å². The number of nitrogen functional groups attached to an aromatic ring is 1. The molecule has 0 fully saturated rings. The number of anilines is 1. The van der Waals surface area contributed by atoms with E-state index < -0.39 is 23.5 Å². The van der Waals surface area contributed by atoms with Crippen LogP contribution in [-0.2, 0) is 0 Å². The quantitative estimate of drug-likeness (QED) is 0.620. The fourth-order valence-electron chi connectivity index (χ4n) is 2.84. The molecule has 0 bridgehead atoms. The molecule has 0 radical (unpaired) electrons. The number of pyridine rings is 1. The molecule has 0 spiro atoms. The van der Waals surface area contributed by atoms with Crippen molar-refractivity contribution in [2.75, 3.05) is 19.5 Å². The van der Waals surface area contributed by atoms with E-state index in [0.717, 1.165) is 12.1 Å². The lowest BCUT2D eigenvalue weighted by atomic mass is 10.1. The normalized spacial score (nSPS) is 12.1. The van der Waals surface area contributed by atoms with Crippen LogP contribution in [0.5, 0.6) is 23.0 Å². The largest absolute Gasteiger partial charge is 0.493 e. The highest BCUT2D eigenvalue weighted by atomic mass is 19.1. The van der Waals surface area contributed by atoms with Crippen molar-refractivity contribution >= 4 is 16.6 Å². The first-order chi connectivity index (χ1) is 13.3. The summed E-state index contributed by atoms with van der Waals surface area (Å²) in [6.07, 6.45) is 0.971. The molecule has 1 aromatic heterocycles. The molecule has 3 rings (SSSR count). The number of methoxy groups -OCH3 is 1. The highest BCUT2D eigenvalue weighted by Gasteiger charge is 2.20. The Kier molecular flexibility index (Phi) is 5.51. The van der Waals surface area contributed by atoms with Crippen LogP contribution in [0.2, 0.25) is 0 Å². The Morgan fingerprint density at radius 2 is 1.82 bits per heavy atom. The predicted octanol–water partition coefficient (Wildman–Crippen LogP) is 3.96. The zero-order valence-electron chi connectivity index (χ0n) is 15.6. The summed E-state index contributed by atoms with van der Waals surface area (Å²) in [7, 11) is 1.48. The SMILES string of the molecule is COc1cc2nccc(Oc3c(F)cc(N)cc3F)c2c(C)c1OC(C)CO. The van der Waals surface area contributed by atoms with Crippen LogP contribution in [0, 0.1) is 18.6 Å². The van der Waals surface area contributed by atoms with Gasteiger partial charge in [-0.25, -0.2) is 8.78 Å². The van der Waals surface area contributed by atoms with Crippen molar-refractivity contribution in [3.8, 4) is 23.0 Å². The van der Waals surface area contributed by atoms with E-state index in [-0.39, 0.29) is 18.0 Å². The van der Waals surface area contributed by atoms with E-state index in [0.29, 0.717) is 28.0 Å². The topological polar surface area (TPSA) is 86.8 Å². The minimum Gasteiger partial charge on any atom is -0.493 e. The molecular formula is C20H20F2N2O4. The van der Waals surface area contributed by atoms with E-state index in [1.165, 1.54) is 19.4 Å². The van der Waals surface area contributed by atoms with Crippen LogP contribution >= 0.6 is 0 Å². The van der Waals surface area contributed by atoms with Crippen LogP contribution in [0.15, 0.2) is 30.5 Å². The maximum atomic E-state index is 14.2. The molecule has 2 aromatic carbocycles. The first kappa shape index (κ1) is 19.6. The molecule has 0 aliphatic rings. The maximum absolute atomic E-state index is 14.2. The van der Waals surface area contributed by atoms with Crippen molar-refractivity contribution in [1.82, 2.24) is 4.98 Å². The zero-order chi connectivity index (χ0) is 20.4. The van der Waals surface area contributed by atoms with Gasteiger partial charge < -0.3 is 25.1 Å². The van der Waals surface area contributed by atoms with Crippen LogP contribution in [-0.4, -0.2) is 29.9 Å². The van der Waals surface area contributed by atoms with E-state index in [4.69, 9.17) is 19.9 Å². The summed E-state index contributed by atoms with van der Waals surface area (Å²) in [5.41, 5.74) is 6.49. The fourth-order valence-corrected chi connectivity index (χ4v) is 2.84. The monoisotopic (exact) mass is 390 g/mol. The van der Waals surface area contributed by atoms with E-state index in [9.17, 15) is 13.9 Å². The average Bonchev–Trinajstić information content (AvgIpc) is 2.66. The molecule has 148 valence electrons. The second-order valence-electron chi connectivity index (χ2n) is 6.26. The van der Waals surface area contributed by atoms with Crippen molar-refractivity contribution in [2.45, 2.75) is 20.0 Å². The standard InChI is InChI=1S/C20H20F2N2O4/c1-10(9-25)27-19-11(2)18-15(8-17(19)26-3)24-5-4-16(18)28-20-13(21)6-12(23)7-14(20)22/h4-8,10,25H,9,23H2,1-3H3. The Morgan fingerprint density at radius 1 is 1.14 bits per heavy atom. The van der Waals surface area contributed by atoms with Gasteiger partial charge in [0.15, 0.2) is 28.9 Å². The second kappa shape index (κ2) is 7.85. The van der Waals surface area contributed by atoms with Gasteiger partial charge in [-0.1, -0.05) is 0 Å². The van der Waals surface area contributed by atoms with E-state index in [2.05, 4.69) is 4.98 Å². The number of halogens is 2. The minimum atomic E-state index is -0.918. The number of hydrogen-bond acceptors (Lipinski definition) is 6. The first-order valence-electron chi connectivity index (χ1n) is 8.51. The van der Waals surface area contributed by atoms with Gasteiger partial charge in [0, 0.05) is 41.0 Å². The summed E-state index contributed by atoms with van der Waals surface area (Å²) < 4.78 is 45.1. The maximum Gasteiger partial charge on any atom is 0.198 e. The third-order valence-corrected chi connectivity index (χ3v) is 4.18. The minimum absolute atomic E-state index is 0.0449. The molecule has 0 amide bonds. The van der Waals surface area contributed by atoms with Crippen LogP contribution < -0.4 is 19.9 Å². The summed E-state index contributed by atoms with van der Waals surface area (Å²) in [5.74, 6) is -1.41. The van der Waals surface area contributed by atoms with E-state index in [1.807, 2.05) is 0 Å². The number of nitrogens with zero attached hydrogens (tertiary/aromatic N) is 1. The first-order valence-corrected chi connectivity index (χ1v) is 8.51. The lowest BCUT2D eigenvalue weighted by Gasteiger charge is -2.20. The Morgan fingerprint density at radius 3 is 2.43 bits per heavy atom. The van der Waals surface area contributed by atoms with Crippen molar-refractivity contribution in [2.24, 2.45) is 0 Å². The summed E-state index contributed by atoms with van der Waals surface area (Å²) in [6.45, 7) is 3.25. The summed E-state index contributed by atoms with van der Waals surface area (Å²) in [5, 5.41) is 9.80. The van der Waals surface area contributed by atoms with Crippen LogP contribution in [0.3, 0.4) is 0 Å². The lowest BCUT2D eigenvalue weighted by molar-refractivity contribution is 0.125.